The predicted octanol–water partition coefficient (Wildman–Crippen LogP) is 4.89. The molecule has 0 saturated heterocycles. The van der Waals surface area contributed by atoms with Crippen molar-refractivity contribution < 1.29 is 4.79 Å². The quantitative estimate of drug-likeness (QED) is 0.571. The Labute approximate surface area is 145 Å². The number of rotatable bonds is 5. The molecule has 0 radical (unpaired) electrons. The van der Waals surface area contributed by atoms with Gasteiger partial charge in [0.05, 0.1) is 28.9 Å². The van der Waals surface area contributed by atoms with Crippen LogP contribution in [0.1, 0.15) is 35.7 Å². The van der Waals surface area contributed by atoms with E-state index in [1.807, 2.05) is 13.0 Å². The van der Waals surface area contributed by atoms with E-state index in [2.05, 4.69) is 24.9 Å². The molecule has 2 aromatic rings. The summed E-state index contributed by atoms with van der Waals surface area (Å²) >= 11 is 7.29. The lowest BCUT2D eigenvalue weighted by Crippen LogP contribution is -2.24. The van der Waals surface area contributed by atoms with Crippen LogP contribution in [0.25, 0.3) is 0 Å². The number of anilines is 1. The van der Waals surface area contributed by atoms with Crippen molar-refractivity contribution in [2.75, 3.05) is 4.90 Å². The molecule has 0 aliphatic carbocycles. The summed E-state index contributed by atoms with van der Waals surface area (Å²) in [5.41, 5.74) is 2.22. The Bertz CT molecular complexity index is 749. The molecule has 0 N–H and O–H groups in total. The van der Waals surface area contributed by atoms with Gasteiger partial charge in [-0.15, -0.1) is 11.3 Å². The van der Waals surface area contributed by atoms with E-state index in [0.29, 0.717) is 18.0 Å². The normalized spacial score (nSPS) is 10.6. The van der Waals surface area contributed by atoms with Crippen molar-refractivity contribution >= 4 is 33.3 Å². The van der Waals surface area contributed by atoms with Crippen molar-refractivity contribution in [3.8, 4) is 6.07 Å². The molecule has 6 heteroatoms. The minimum absolute atomic E-state index is 0.321. The summed E-state index contributed by atoms with van der Waals surface area (Å²) < 4.78 is 0. The van der Waals surface area contributed by atoms with E-state index in [0.717, 1.165) is 27.7 Å². The van der Waals surface area contributed by atoms with Gasteiger partial charge in [0, 0.05) is 6.42 Å². The van der Waals surface area contributed by atoms with Crippen LogP contribution in [-0.4, -0.2) is 10.4 Å². The van der Waals surface area contributed by atoms with Gasteiger partial charge in [-0.1, -0.05) is 26.0 Å². The van der Waals surface area contributed by atoms with Crippen LogP contribution in [0.5, 0.6) is 0 Å². The van der Waals surface area contributed by atoms with Crippen LogP contribution in [0.3, 0.4) is 0 Å². The zero-order chi connectivity index (χ0) is 17.0. The monoisotopic (exact) mass is 347 g/mol. The van der Waals surface area contributed by atoms with Crippen LogP contribution in [-0.2, 0) is 13.0 Å². The van der Waals surface area contributed by atoms with Crippen LogP contribution < -0.4 is 4.90 Å². The molecule has 2 rings (SSSR count). The molecule has 0 saturated carbocycles. The van der Waals surface area contributed by atoms with Crippen LogP contribution in [0.2, 0.25) is 0 Å². The third-order valence-corrected chi connectivity index (χ3v) is 4.66. The fourth-order valence-electron chi connectivity index (χ4n) is 2.27. The molecule has 0 aliphatic rings. The molecule has 120 valence electrons. The van der Waals surface area contributed by atoms with Crippen molar-refractivity contribution in [2.24, 2.45) is 5.92 Å². The highest BCUT2D eigenvalue weighted by atomic mass is 35.5. The minimum atomic E-state index is -0.546. The molecular weight excluding hydrogens is 330 g/mol. The lowest BCUT2D eigenvalue weighted by atomic mass is 10.1. The standard InChI is InChI=1S/C17H18ClN3OS/c1-11(2)7-15-20-12(3)16(23-15)21(17(18)22)10-14-6-4-5-13(8-14)9-19/h4-6,8,11H,7,10H2,1-3H3. The Hall–Kier alpha value is -1.90. The second-order valence-corrected chi connectivity index (χ2v) is 7.13. The number of carbonyl (C=O) groups excluding carboxylic acids is 1. The highest BCUT2D eigenvalue weighted by molar-refractivity contribution is 7.16. The summed E-state index contributed by atoms with van der Waals surface area (Å²) in [5, 5.41) is 10.2. The summed E-state index contributed by atoms with van der Waals surface area (Å²) in [5.74, 6) is 0.501. The van der Waals surface area contributed by atoms with Crippen molar-refractivity contribution in [2.45, 2.75) is 33.7 Å². The maximum Gasteiger partial charge on any atom is 0.321 e. The lowest BCUT2D eigenvalue weighted by Gasteiger charge is -2.18. The first-order valence-electron chi connectivity index (χ1n) is 7.33. The SMILES string of the molecule is Cc1nc(CC(C)C)sc1N(Cc1cccc(C#N)c1)C(=O)Cl. The number of hydrogen-bond acceptors (Lipinski definition) is 4. The van der Waals surface area contributed by atoms with Gasteiger partial charge >= 0.3 is 5.37 Å². The smallest absolute Gasteiger partial charge is 0.284 e. The van der Waals surface area contributed by atoms with E-state index in [9.17, 15) is 4.79 Å². The summed E-state index contributed by atoms with van der Waals surface area (Å²) in [6.07, 6.45) is 0.875. The summed E-state index contributed by atoms with van der Waals surface area (Å²) in [6.45, 7) is 6.47. The van der Waals surface area contributed by atoms with Gasteiger partial charge in [-0.2, -0.15) is 5.26 Å². The molecule has 0 spiro atoms. The number of halogens is 1. The van der Waals surface area contributed by atoms with Crippen molar-refractivity contribution in [3.63, 3.8) is 0 Å². The number of amides is 1. The first-order valence-corrected chi connectivity index (χ1v) is 8.52. The van der Waals surface area contributed by atoms with Crippen LogP contribution >= 0.6 is 22.9 Å². The molecule has 0 aliphatic heterocycles. The molecule has 0 atom stereocenters. The Kier molecular flexibility index (Phi) is 5.75. The number of nitriles is 1. The molecule has 1 aromatic carbocycles. The number of hydrogen-bond donors (Lipinski definition) is 0. The topological polar surface area (TPSA) is 57.0 Å². The number of thiazole rings is 1. The average molecular weight is 348 g/mol. The first-order chi connectivity index (χ1) is 10.9. The Morgan fingerprint density at radius 2 is 2.22 bits per heavy atom. The van der Waals surface area contributed by atoms with E-state index in [-0.39, 0.29) is 0 Å². The van der Waals surface area contributed by atoms with Gasteiger partial charge in [0.1, 0.15) is 5.00 Å². The Morgan fingerprint density at radius 3 is 2.83 bits per heavy atom. The molecular formula is C17H18ClN3OS. The fraction of sp³-hybridized carbons (Fsp3) is 0.353. The molecule has 0 unspecified atom stereocenters. The minimum Gasteiger partial charge on any atom is -0.284 e. The van der Waals surface area contributed by atoms with Crippen molar-refractivity contribution in [3.05, 3.63) is 46.1 Å². The molecule has 0 fully saturated rings. The van der Waals surface area contributed by atoms with Gasteiger partial charge in [0.25, 0.3) is 0 Å². The zero-order valence-electron chi connectivity index (χ0n) is 13.3. The fourth-order valence-corrected chi connectivity index (χ4v) is 3.73. The van der Waals surface area contributed by atoms with Crippen molar-refractivity contribution in [1.82, 2.24) is 4.98 Å². The number of carbonyl (C=O) groups is 1. The van der Waals surface area contributed by atoms with Gasteiger partial charge in [-0.05, 0) is 42.1 Å². The lowest BCUT2D eigenvalue weighted by molar-refractivity contribution is 0.264. The molecule has 4 nitrogen and oxygen atoms in total. The van der Waals surface area contributed by atoms with E-state index >= 15 is 0 Å². The van der Waals surface area contributed by atoms with Crippen molar-refractivity contribution in [1.29, 1.82) is 5.26 Å². The molecule has 1 heterocycles. The molecule has 1 aromatic heterocycles. The highest BCUT2D eigenvalue weighted by Gasteiger charge is 2.20. The maximum atomic E-state index is 11.9. The van der Waals surface area contributed by atoms with Gasteiger partial charge < -0.3 is 0 Å². The van der Waals surface area contributed by atoms with Gasteiger partial charge in [-0.3, -0.25) is 9.69 Å². The third-order valence-electron chi connectivity index (χ3n) is 3.25. The second-order valence-electron chi connectivity index (χ2n) is 5.75. The Balaban J connectivity index is 2.30. The molecule has 23 heavy (non-hydrogen) atoms. The number of benzene rings is 1. The average Bonchev–Trinajstić information content (AvgIpc) is 2.84. The van der Waals surface area contributed by atoms with Crippen LogP contribution in [0.15, 0.2) is 24.3 Å². The van der Waals surface area contributed by atoms with Gasteiger partial charge in [0.2, 0.25) is 0 Å². The summed E-state index contributed by atoms with van der Waals surface area (Å²) in [7, 11) is 0. The predicted molar refractivity (Wildman–Crippen MR) is 94.0 cm³/mol. The number of aryl methyl sites for hydroxylation is 1. The van der Waals surface area contributed by atoms with Gasteiger partial charge in [-0.25, -0.2) is 4.98 Å². The Morgan fingerprint density at radius 1 is 1.48 bits per heavy atom. The molecule has 1 amide bonds. The number of aromatic nitrogens is 1. The van der Waals surface area contributed by atoms with E-state index in [1.54, 1.807) is 18.2 Å². The zero-order valence-corrected chi connectivity index (χ0v) is 14.9. The molecule has 0 bridgehead atoms. The highest BCUT2D eigenvalue weighted by Crippen LogP contribution is 2.31. The summed E-state index contributed by atoms with van der Waals surface area (Å²) in [4.78, 5) is 17.9. The van der Waals surface area contributed by atoms with E-state index in [1.165, 1.54) is 16.2 Å². The van der Waals surface area contributed by atoms with Crippen LogP contribution in [0.4, 0.5) is 9.80 Å². The maximum absolute atomic E-state index is 11.9. The third kappa shape index (κ3) is 4.54. The van der Waals surface area contributed by atoms with E-state index in [4.69, 9.17) is 16.9 Å². The second kappa shape index (κ2) is 7.58. The summed E-state index contributed by atoms with van der Waals surface area (Å²) in [6, 6.07) is 9.27. The number of nitrogens with zero attached hydrogens (tertiary/aromatic N) is 3. The van der Waals surface area contributed by atoms with Gasteiger partial charge in [0.15, 0.2) is 0 Å². The van der Waals surface area contributed by atoms with E-state index < -0.39 is 5.37 Å². The van der Waals surface area contributed by atoms with Crippen LogP contribution in [0, 0.1) is 24.2 Å². The first kappa shape index (κ1) is 17.5. The largest absolute Gasteiger partial charge is 0.321 e.